The Bertz CT molecular complexity index is 484. The highest BCUT2D eigenvalue weighted by molar-refractivity contribution is 5.96. The Morgan fingerprint density at radius 1 is 1.42 bits per heavy atom. The number of carbonyl (C=O) groups excluding carboxylic acids is 2. The maximum atomic E-state index is 12.2. The predicted octanol–water partition coefficient (Wildman–Crippen LogP) is 0.734. The molecule has 0 saturated carbocycles. The van der Waals surface area contributed by atoms with Crippen molar-refractivity contribution in [3.8, 4) is 5.75 Å². The highest BCUT2D eigenvalue weighted by atomic mass is 16.5. The van der Waals surface area contributed by atoms with Crippen molar-refractivity contribution in [3.63, 3.8) is 0 Å². The van der Waals surface area contributed by atoms with Crippen LogP contribution in [0.1, 0.15) is 10.4 Å². The van der Waals surface area contributed by atoms with Gasteiger partial charge in [0.25, 0.3) is 5.91 Å². The fourth-order valence-corrected chi connectivity index (χ4v) is 1.94. The summed E-state index contributed by atoms with van der Waals surface area (Å²) in [5.41, 5.74) is 1.07. The van der Waals surface area contributed by atoms with E-state index in [4.69, 9.17) is 9.47 Å². The monoisotopic (exact) mass is 264 g/mol. The fourth-order valence-electron chi connectivity index (χ4n) is 1.94. The zero-order valence-corrected chi connectivity index (χ0v) is 10.9. The van der Waals surface area contributed by atoms with E-state index < -0.39 is 0 Å². The summed E-state index contributed by atoms with van der Waals surface area (Å²) in [6.07, 6.45) is 0.694. The molecule has 2 amide bonds. The van der Waals surface area contributed by atoms with Gasteiger partial charge in [0.2, 0.25) is 6.41 Å². The molecule has 2 rings (SSSR count). The molecule has 1 saturated heterocycles. The first kappa shape index (κ1) is 13.4. The van der Waals surface area contributed by atoms with Crippen molar-refractivity contribution in [1.29, 1.82) is 0 Å². The Morgan fingerprint density at radius 2 is 2.16 bits per heavy atom. The number of carbonyl (C=O) groups is 2. The number of nitrogens with zero attached hydrogens (tertiary/aromatic N) is 1. The van der Waals surface area contributed by atoms with Crippen molar-refractivity contribution in [1.82, 2.24) is 4.90 Å². The van der Waals surface area contributed by atoms with E-state index in [1.165, 1.54) is 7.11 Å². The molecule has 0 radical (unpaired) electrons. The van der Waals surface area contributed by atoms with E-state index in [2.05, 4.69) is 5.32 Å². The molecule has 0 bridgehead atoms. The largest absolute Gasteiger partial charge is 0.495 e. The Labute approximate surface area is 111 Å². The molecule has 0 unspecified atom stereocenters. The van der Waals surface area contributed by atoms with Gasteiger partial charge in [0.1, 0.15) is 5.75 Å². The van der Waals surface area contributed by atoms with Gasteiger partial charge in [0.15, 0.2) is 0 Å². The maximum absolute atomic E-state index is 12.2. The molecular weight excluding hydrogens is 248 g/mol. The number of likely N-dealkylation sites (tertiary alicyclic amines) is 1. The van der Waals surface area contributed by atoms with Crippen molar-refractivity contribution in [3.05, 3.63) is 23.8 Å². The van der Waals surface area contributed by atoms with Crippen LogP contribution in [0.4, 0.5) is 5.69 Å². The number of rotatable bonds is 5. The van der Waals surface area contributed by atoms with Crippen molar-refractivity contribution in [2.75, 3.05) is 32.6 Å². The van der Waals surface area contributed by atoms with Gasteiger partial charge in [0, 0.05) is 25.8 Å². The second kappa shape index (κ2) is 5.71. The maximum Gasteiger partial charge on any atom is 0.254 e. The molecule has 1 aliphatic heterocycles. The minimum Gasteiger partial charge on any atom is -0.495 e. The van der Waals surface area contributed by atoms with Crippen molar-refractivity contribution >= 4 is 18.0 Å². The first-order valence-corrected chi connectivity index (χ1v) is 5.90. The van der Waals surface area contributed by atoms with Gasteiger partial charge in [-0.05, 0) is 18.2 Å². The van der Waals surface area contributed by atoms with Gasteiger partial charge in [-0.25, -0.2) is 0 Å². The normalized spacial score (nSPS) is 14.7. The molecule has 6 heteroatoms. The van der Waals surface area contributed by atoms with Crippen LogP contribution >= 0.6 is 0 Å². The summed E-state index contributed by atoms with van der Waals surface area (Å²) >= 11 is 0. The molecule has 1 heterocycles. The van der Waals surface area contributed by atoms with Crippen LogP contribution in [0.3, 0.4) is 0 Å². The second-order valence-electron chi connectivity index (χ2n) is 4.25. The van der Waals surface area contributed by atoms with E-state index in [0.29, 0.717) is 36.5 Å². The van der Waals surface area contributed by atoms with Crippen LogP contribution in [-0.4, -0.2) is 50.6 Å². The van der Waals surface area contributed by atoms with E-state index in [1.807, 2.05) is 0 Å². The molecule has 0 aliphatic carbocycles. The van der Waals surface area contributed by atoms with E-state index in [-0.39, 0.29) is 12.0 Å². The smallest absolute Gasteiger partial charge is 0.254 e. The third-order valence-electron chi connectivity index (χ3n) is 3.13. The molecule has 1 aliphatic rings. The lowest BCUT2D eigenvalue weighted by molar-refractivity contribution is -0.105. The number of benzene rings is 1. The number of anilines is 1. The first-order valence-electron chi connectivity index (χ1n) is 5.90. The lowest BCUT2D eigenvalue weighted by atomic mass is 10.1. The van der Waals surface area contributed by atoms with Crippen molar-refractivity contribution in [2.45, 2.75) is 6.10 Å². The summed E-state index contributed by atoms with van der Waals surface area (Å²) < 4.78 is 10.3. The van der Waals surface area contributed by atoms with Gasteiger partial charge in [0.05, 0.1) is 18.9 Å². The number of hydrogen-bond acceptors (Lipinski definition) is 4. The van der Waals surface area contributed by atoms with Crippen LogP contribution in [0, 0.1) is 0 Å². The lowest BCUT2D eigenvalue weighted by Gasteiger charge is -2.38. The Kier molecular flexibility index (Phi) is 4.01. The first-order chi connectivity index (χ1) is 9.19. The third kappa shape index (κ3) is 2.68. The topological polar surface area (TPSA) is 67.9 Å². The summed E-state index contributed by atoms with van der Waals surface area (Å²) in [6.45, 7) is 1.21. The summed E-state index contributed by atoms with van der Waals surface area (Å²) in [5, 5.41) is 2.52. The fraction of sp³-hybridized carbons (Fsp3) is 0.385. The number of methoxy groups -OCH3 is 2. The van der Waals surface area contributed by atoms with E-state index in [9.17, 15) is 9.59 Å². The van der Waals surface area contributed by atoms with Gasteiger partial charge in [-0.2, -0.15) is 0 Å². The van der Waals surface area contributed by atoms with Crippen LogP contribution in [0.2, 0.25) is 0 Å². The summed E-state index contributed by atoms with van der Waals surface area (Å²) in [6, 6.07) is 4.93. The highest BCUT2D eigenvalue weighted by Crippen LogP contribution is 2.26. The molecule has 19 heavy (non-hydrogen) atoms. The van der Waals surface area contributed by atoms with Gasteiger partial charge >= 0.3 is 0 Å². The van der Waals surface area contributed by atoms with Crippen LogP contribution in [0.15, 0.2) is 18.2 Å². The van der Waals surface area contributed by atoms with E-state index in [1.54, 1.807) is 30.2 Å². The van der Waals surface area contributed by atoms with Gasteiger partial charge < -0.3 is 19.7 Å². The van der Waals surface area contributed by atoms with Gasteiger partial charge in [-0.15, -0.1) is 0 Å². The third-order valence-corrected chi connectivity index (χ3v) is 3.13. The zero-order valence-electron chi connectivity index (χ0n) is 10.9. The molecule has 1 aromatic rings. The van der Waals surface area contributed by atoms with Crippen LogP contribution < -0.4 is 10.1 Å². The van der Waals surface area contributed by atoms with E-state index in [0.717, 1.165) is 0 Å². The Morgan fingerprint density at radius 3 is 2.74 bits per heavy atom. The summed E-state index contributed by atoms with van der Waals surface area (Å²) in [5.74, 6) is 0.394. The Balaban J connectivity index is 2.12. The molecule has 0 spiro atoms. The molecular formula is C13H16N2O4. The van der Waals surface area contributed by atoms with Gasteiger partial charge in [-0.3, -0.25) is 9.59 Å². The van der Waals surface area contributed by atoms with Gasteiger partial charge in [-0.1, -0.05) is 0 Å². The lowest BCUT2D eigenvalue weighted by Crippen LogP contribution is -2.54. The molecule has 6 nitrogen and oxygen atoms in total. The quantitative estimate of drug-likeness (QED) is 0.796. The highest BCUT2D eigenvalue weighted by Gasteiger charge is 2.31. The predicted molar refractivity (Wildman–Crippen MR) is 69.4 cm³/mol. The number of hydrogen-bond donors (Lipinski definition) is 1. The number of nitrogens with one attached hydrogen (secondary N) is 1. The SMILES string of the molecule is COc1cc(C(=O)N2CC(OC)C2)ccc1NC=O. The van der Waals surface area contributed by atoms with Crippen LogP contribution in [0.25, 0.3) is 0 Å². The zero-order chi connectivity index (χ0) is 13.8. The summed E-state index contributed by atoms with van der Waals surface area (Å²) in [7, 11) is 3.12. The van der Waals surface area contributed by atoms with Crippen LogP contribution in [0.5, 0.6) is 5.75 Å². The van der Waals surface area contributed by atoms with Crippen molar-refractivity contribution < 1.29 is 19.1 Å². The standard InChI is InChI=1S/C13H16N2O4/c1-18-10-6-15(7-10)13(17)9-3-4-11(14-8-16)12(5-9)19-2/h3-5,8,10H,6-7H2,1-2H3,(H,14,16). The number of ether oxygens (including phenoxy) is 2. The molecule has 1 N–H and O–H groups in total. The van der Waals surface area contributed by atoms with Crippen LogP contribution in [-0.2, 0) is 9.53 Å². The molecule has 0 aromatic heterocycles. The minimum absolute atomic E-state index is 0.0655. The number of amides is 2. The van der Waals surface area contributed by atoms with Crippen molar-refractivity contribution in [2.24, 2.45) is 0 Å². The summed E-state index contributed by atoms with van der Waals surface area (Å²) in [4.78, 5) is 24.3. The average molecular weight is 264 g/mol. The molecule has 102 valence electrons. The molecule has 1 fully saturated rings. The molecule has 0 atom stereocenters. The average Bonchev–Trinajstić information content (AvgIpc) is 2.38. The van der Waals surface area contributed by atoms with E-state index >= 15 is 0 Å². The molecule has 1 aromatic carbocycles. The Hall–Kier alpha value is -2.08. The minimum atomic E-state index is -0.0655. The second-order valence-corrected chi connectivity index (χ2v) is 4.25.